The van der Waals surface area contributed by atoms with E-state index in [0.717, 1.165) is 32.7 Å². The lowest BCUT2D eigenvalue weighted by atomic mass is 9.76. The van der Waals surface area contributed by atoms with E-state index in [-0.39, 0.29) is 18.9 Å². The van der Waals surface area contributed by atoms with Crippen molar-refractivity contribution in [1.82, 2.24) is 10.2 Å². The Kier molecular flexibility index (Phi) is 6.47. The highest BCUT2D eigenvalue weighted by molar-refractivity contribution is 6.09. The molecule has 7 rings (SSSR count). The minimum absolute atomic E-state index is 0.0289. The van der Waals surface area contributed by atoms with Crippen LogP contribution < -0.4 is 10.1 Å². The summed E-state index contributed by atoms with van der Waals surface area (Å²) in [5.74, 6) is -3.53. The third-order valence-electron chi connectivity index (χ3n) is 9.11. The third-order valence-corrected chi connectivity index (χ3v) is 9.11. The molecule has 0 radical (unpaired) electrons. The van der Waals surface area contributed by atoms with Crippen molar-refractivity contribution in [2.75, 3.05) is 7.11 Å². The van der Waals surface area contributed by atoms with E-state index in [1.807, 2.05) is 103 Å². The highest BCUT2D eigenvalue weighted by Gasteiger charge is 2.68. The van der Waals surface area contributed by atoms with Gasteiger partial charge in [-0.05, 0) is 38.7 Å². The summed E-state index contributed by atoms with van der Waals surface area (Å²) in [6, 6.07) is 33.8. The number of methoxy groups -OCH3 is 1. The number of nitrogens with zero attached hydrogens (tertiary/aromatic N) is 1. The van der Waals surface area contributed by atoms with Crippen molar-refractivity contribution in [3.63, 3.8) is 0 Å². The number of hydrogen-bond acceptors (Lipinski definition) is 5. The van der Waals surface area contributed by atoms with Gasteiger partial charge in [-0.25, -0.2) is 0 Å². The van der Waals surface area contributed by atoms with E-state index in [9.17, 15) is 19.5 Å². The van der Waals surface area contributed by atoms with Gasteiger partial charge in [-0.1, -0.05) is 103 Å². The van der Waals surface area contributed by atoms with Gasteiger partial charge in [-0.2, -0.15) is 0 Å². The molecule has 0 bridgehead atoms. The molecule has 2 aliphatic heterocycles. The Labute approximate surface area is 248 Å². The number of imide groups is 1. The zero-order valence-corrected chi connectivity index (χ0v) is 23.6. The van der Waals surface area contributed by atoms with Crippen LogP contribution in [-0.2, 0) is 27.3 Å². The highest BCUT2D eigenvalue weighted by atomic mass is 16.5. The fraction of sp³-hybridized carbons (Fsp3) is 0.194. The van der Waals surface area contributed by atoms with E-state index in [1.165, 1.54) is 4.90 Å². The summed E-state index contributed by atoms with van der Waals surface area (Å²) in [6.07, 6.45) is 0.0289. The molecule has 43 heavy (non-hydrogen) atoms. The molecule has 7 nitrogen and oxygen atoms in total. The van der Waals surface area contributed by atoms with E-state index in [4.69, 9.17) is 4.74 Å². The van der Waals surface area contributed by atoms with Crippen LogP contribution >= 0.6 is 0 Å². The first-order valence-electron chi connectivity index (χ1n) is 14.3. The molecule has 0 saturated carbocycles. The first-order valence-corrected chi connectivity index (χ1v) is 14.3. The molecule has 7 heteroatoms. The quantitative estimate of drug-likeness (QED) is 0.251. The van der Waals surface area contributed by atoms with Gasteiger partial charge in [0.15, 0.2) is 0 Å². The molecule has 4 atom stereocenters. The number of ether oxygens (including phenoxy) is 1. The zero-order chi connectivity index (χ0) is 29.7. The van der Waals surface area contributed by atoms with Gasteiger partial charge in [0.1, 0.15) is 11.3 Å². The molecule has 0 aromatic heterocycles. The number of amides is 2. The van der Waals surface area contributed by atoms with Crippen LogP contribution in [0, 0.1) is 11.8 Å². The maximum atomic E-state index is 14.4. The Morgan fingerprint density at radius 3 is 2.33 bits per heavy atom. The molecule has 0 spiro atoms. The second-order valence-corrected chi connectivity index (χ2v) is 11.4. The number of benzene rings is 5. The number of rotatable bonds is 7. The largest absolute Gasteiger partial charge is 0.496 e. The van der Waals surface area contributed by atoms with Crippen molar-refractivity contribution < 1.29 is 24.2 Å². The van der Waals surface area contributed by atoms with Crippen molar-refractivity contribution in [2.24, 2.45) is 11.8 Å². The Balaban J connectivity index is 1.35. The molecule has 0 aliphatic carbocycles. The number of carboxylic acids is 1. The summed E-state index contributed by atoms with van der Waals surface area (Å²) >= 11 is 0. The first kappa shape index (κ1) is 26.9. The number of carbonyl (C=O) groups is 3. The summed E-state index contributed by atoms with van der Waals surface area (Å²) in [5, 5.41) is 18.2. The lowest BCUT2D eigenvalue weighted by molar-refractivity contribution is -0.151. The molecule has 5 aromatic rings. The van der Waals surface area contributed by atoms with Crippen molar-refractivity contribution in [3.05, 3.63) is 126 Å². The van der Waals surface area contributed by atoms with Crippen LogP contribution in [-0.4, -0.2) is 40.4 Å². The SMILES string of the molecule is COc1ccccc1C1NC(Cc2ccc3ccccc3c2)(C(=O)O)C2C(=O)N(Cc3cccc4ccccc34)C(=O)C12. The van der Waals surface area contributed by atoms with Gasteiger partial charge in [0.2, 0.25) is 11.8 Å². The molecular formula is C36H30N2O5. The van der Waals surface area contributed by atoms with Crippen LogP contribution in [0.2, 0.25) is 0 Å². The Hall–Kier alpha value is -5.01. The van der Waals surface area contributed by atoms with E-state index in [1.54, 1.807) is 13.2 Å². The number of para-hydroxylation sites is 1. The van der Waals surface area contributed by atoms with Crippen molar-refractivity contribution >= 4 is 39.3 Å². The molecule has 2 saturated heterocycles. The van der Waals surface area contributed by atoms with Gasteiger partial charge in [-0.15, -0.1) is 0 Å². The molecule has 2 fully saturated rings. The molecule has 4 unspecified atom stereocenters. The minimum Gasteiger partial charge on any atom is -0.496 e. The summed E-state index contributed by atoms with van der Waals surface area (Å²) in [6.45, 7) is 0.0658. The number of fused-ring (bicyclic) bond motifs is 3. The average Bonchev–Trinajstić information content (AvgIpc) is 3.50. The molecule has 5 aromatic carbocycles. The maximum absolute atomic E-state index is 14.4. The summed E-state index contributed by atoms with van der Waals surface area (Å²) in [7, 11) is 1.54. The minimum atomic E-state index is -1.72. The van der Waals surface area contributed by atoms with E-state index in [0.29, 0.717) is 11.3 Å². The smallest absolute Gasteiger partial charge is 0.325 e. The Morgan fingerprint density at radius 1 is 0.837 bits per heavy atom. The summed E-state index contributed by atoms with van der Waals surface area (Å²) in [4.78, 5) is 43.3. The van der Waals surface area contributed by atoms with Crippen LogP contribution in [0.15, 0.2) is 109 Å². The maximum Gasteiger partial charge on any atom is 0.325 e. The predicted octanol–water partition coefficient (Wildman–Crippen LogP) is 5.51. The summed E-state index contributed by atoms with van der Waals surface area (Å²) < 4.78 is 5.64. The lowest BCUT2D eigenvalue weighted by Gasteiger charge is -2.31. The van der Waals surface area contributed by atoms with E-state index < -0.39 is 35.3 Å². The van der Waals surface area contributed by atoms with Crippen LogP contribution in [0.25, 0.3) is 21.5 Å². The molecule has 2 amide bonds. The van der Waals surface area contributed by atoms with Crippen molar-refractivity contribution in [2.45, 2.75) is 24.5 Å². The highest BCUT2D eigenvalue weighted by Crippen LogP contribution is 2.51. The first-order chi connectivity index (χ1) is 20.9. The van der Waals surface area contributed by atoms with E-state index in [2.05, 4.69) is 5.32 Å². The van der Waals surface area contributed by atoms with Crippen LogP contribution in [0.4, 0.5) is 0 Å². The molecule has 2 N–H and O–H groups in total. The molecule has 2 aliphatic rings. The number of hydrogen-bond donors (Lipinski definition) is 2. The second kappa shape index (κ2) is 10.4. The van der Waals surface area contributed by atoms with Gasteiger partial charge < -0.3 is 9.84 Å². The number of aliphatic carboxylic acids is 1. The molecular weight excluding hydrogens is 540 g/mol. The lowest BCUT2D eigenvalue weighted by Crippen LogP contribution is -2.57. The van der Waals surface area contributed by atoms with Gasteiger partial charge in [0.05, 0.1) is 25.5 Å². The number of carbonyl (C=O) groups excluding carboxylic acids is 2. The second-order valence-electron chi connectivity index (χ2n) is 11.4. The van der Waals surface area contributed by atoms with Crippen LogP contribution in [0.3, 0.4) is 0 Å². The van der Waals surface area contributed by atoms with E-state index >= 15 is 0 Å². The van der Waals surface area contributed by atoms with Gasteiger partial charge in [-0.3, -0.25) is 24.6 Å². The van der Waals surface area contributed by atoms with Crippen molar-refractivity contribution in [3.8, 4) is 5.75 Å². The fourth-order valence-corrected chi connectivity index (χ4v) is 7.12. The molecule has 214 valence electrons. The molecule has 2 heterocycles. The number of likely N-dealkylation sites (tertiary alicyclic amines) is 1. The standard InChI is InChI=1S/C36H30N2O5/c1-43-29-16-7-6-15-28(29)32-30-31(34(40)38(33(30)39)21-26-13-8-12-24-10-4-5-14-27(24)26)36(37-32,35(41)42)20-22-17-18-23-9-2-3-11-25(23)19-22/h2-19,30-32,37H,20-21H2,1H3,(H,41,42). The van der Waals surface area contributed by atoms with Gasteiger partial charge in [0.25, 0.3) is 0 Å². The predicted molar refractivity (Wildman–Crippen MR) is 163 cm³/mol. The van der Waals surface area contributed by atoms with Gasteiger partial charge in [0, 0.05) is 18.0 Å². The van der Waals surface area contributed by atoms with Crippen molar-refractivity contribution in [1.29, 1.82) is 0 Å². The third kappa shape index (κ3) is 4.27. The van der Waals surface area contributed by atoms with Crippen LogP contribution in [0.5, 0.6) is 5.75 Å². The monoisotopic (exact) mass is 570 g/mol. The Morgan fingerprint density at radius 2 is 1.53 bits per heavy atom. The topological polar surface area (TPSA) is 95.9 Å². The fourth-order valence-electron chi connectivity index (χ4n) is 7.12. The number of nitrogens with one attached hydrogen (secondary N) is 1. The Bertz CT molecular complexity index is 1910. The van der Waals surface area contributed by atoms with Crippen LogP contribution in [0.1, 0.15) is 22.7 Å². The summed E-state index contributed by atoms with van der Waals surface area (Å²) in [5.41, 5.74) is 0.520. The normalized spacial score (nSPS) is 23.2. The van der Waals surface area contributed by atoms with Gasteiger partial charge >= 0.3 is 5.97 Å². The zero-order valence-electron chi connectivity index (χ0n) is 23.6. The average molecular weight is 571 g/mol. The number of carboxylic acid groups (broad SMARTS) is 1.